The first-order valence-electron chi connectivity index (χ1n) is 9.58. The van der Waals surface area contributed by atoms with Crippen molar-refractivity contribution in [3.05, 3.63) is 95.1 Å². The van der Waals surface area contributed by atoms with Crippen LogP contribution in [0.2, 0.25) is 0 Å². The maximum atomic E-state index is 13.6. The summed E-state index contributed by atoms with van der Waals surface area (Å²) in [4.78, 5) is 28.5. The molecule has 2 unspecified atom stereocenters. The molecule has 0 aromatic heterocycles. The third kappa shape index (κ3) is 1.75. The maximum absolute atomic E-state index is 13.6. The van der Waals surface area contributed by atoms with Gasteiger partial charge in [0, 0.05) is 11.8 Å². The Labute approximate surface area is 162 Å². The standard InChI is InChI=1S/C24H18N2O2/c25-17-11-5-6-12-18(17)26-23(27)21-19-13-7-1-2-8-14(13)20(22(21)24(26)28)16-10-4-3-9-15(16)19/h1-12,19-22H,25H2. The highest BCUT2D eigenvalue weighted by molar-refractivity contribution is 6.24. The lowest BCUT2D eigenvalue weighted by Crippen LogP contribution is -2.41. The van der Waals surface area contributed by atoms with E-state index in [0.717, 1.165) is 0 Å². The number of amides is 2. The van der Waals surface area contributed by atoms with Crippen LogP contribution in [0.25, 0.3) is 0 Å². The van der Waals surface area contributed by atoms with E-state index in [0.29, 0.717) is 11.4 Å². The van der Waals surface area contributed by atoms with Crippen molar-refractivity contribution in [2.24, 2.45) is 11.8 Å². The molecule has 1 fully saturated rings. The number of para-hydroxylation sites is 2. The molecule has 4 nitrogen and oxygen atoms in total. The van der Waals surface area contributed by atoms with Crippen LogP contribution >= 0.6 is 0 Å². The van der Waals surface area contributed by atoms with Crippen molar-refractivity contribution in [1.82, 2.24) is 0 Å². The minimum atomic E-state index is -0.373. The van der Waals surface area contributed by atoms with Crippen LogP contribution in [0.3, 0.4) is 0 Å². The maximum Gasteiger partial charge on any atom is 0.238 e. The zero-order chi connectivity index (χ0) is 19.0. The normalized spacial score (nSPS) is 26.8. The molecular weight excluding hydrogens is 348 g/mol. The number of rotatable bonds is 1. The van der Waals surface area contributed by atoms with Gasteiger partial charge in [-0.3, -0.25) is 9.59 Å². The Balaban J connectivity index is 1.59. The van der Waals surface area contributed by atoms with Gasteiger partial charge < -0.3 is 5.73 Å². The molecule has 4 aliphatic rings. The van der Waals surface area contributed by atoms with Gasteiger partial charge in [-0.15, -0.1) is 0 Å². The number of benzene rings is 3. The van der Waals surface area contributed by atoms with Gasteiger partial charge in [0.25, 0.3) is 0 Å². The molecule has 0 radical (unpaired) electrons. The van der Waals surface area contributed by atoms with Crippen LogP contribution in [0.1, 0.15) is 34.1 Å². The highest BCUT2D eigenvalue weighted by atomic mass is 16.2. The molecule has 2 amide bonds. The minimum Gasteiger partial charge on any atom is -0.397 e. The molecule has 1 heterocycles. The summed E-state index contributed by atoms with van der Waals surface area (Å²) in [7, 11) is 0. The second-order valence-electron chi connectivity index (χ2n) is 7.84. The molecule has 28 heavy (non-hydrogen) atoms. The summed E-state index contributed by atoms with van der Waals surface area (Å²) in [6, 6.07) is 23.6. The average molecular weight is 366 g/mol. The van der Waals surface area contributed by atoms with E-state index in [9.17, 15) is 9.59 Å². The summed E-state index contributed by atoms with van der Waals surface area (Å²) >= 11 is 0. The molecule has 1 saturated heterocycles. The fourth-order valence-electron chi connectivity index (χ4n) is 5.61. The number of carbonyl (C=O) groups excluding carboxylic acids is 2. The van der Waals surface area contributed by atoms with Crippen LogP contribution in [0.4, 0.5) is 11.4 Å². The Hall–Kier alpha value is -3.40. The second kappa shape index (κ2) is 5.32. The molecule has 2 bridgehead atoms. The van der Waals surface area contributed by atoms with E-state index >= 15 is 0 Å². The predicted molar refractivity (Wildman–Crippen MR) is 107 cm³/mol. The lowest BCUT2D eigenvalue weighted by molar-refractivity contribution is -0.122. The second-order valence-corrected chi connectivity index (χ2v) is 7.84. The number of nitrogens with zero attached hydrogens (tertiary/aromatic N) is 1. The zero-order valence-corrected chi connectivity index (χ0v) is 15.1. The fourth-order valence-corrected chi connectivity index (χ4v) is 5.61. The van der Waals surface area contributed by atoms with Crippen LogP contribution in [0.5, 0.6) is 0 Å². The van der Waals surface area contributed by atoms with Gasteiger partial charge in [0.15, 0.2) is 0 Å². The Morgan fingerprint density at radius 3 is 1.43 bits per heavy atom. The molecule has 2 atom stereocenters. The van der Waals surface area contributed by atoms with Crippen molar-refractivity contribution >= 4 is 23.2 Å². The highest BCUT2D eigenvalue weighted by Crippen LogP contribution is 2.61. The molecule has 1 aliphatic heterocycles. The van der Waals surface area contributed by atoms with Crippen molar-refractivity contribution in [2.75, 3.05) is 10.6 Å². The van der Waals surface area contributed by atoms with E-state index in [1.165, 1.54) is 27.2 Å². The van der Waals surface area contributed by atoms with Crippen molar-refractivity contribution in [3.8, 4) is 0 Å². The number of imide groups is 1. The van der Waals surface area contributed by atoms with Crippen LogP contribution in [0, 0.1) is 11.8 Å². The minimum absolute atomic E-state index is 0.0891. The zero-order valence-electron chi connectivity index (χ0n) is 15.1. The molecule has 3 aromatic carbocycles. The van der Waals surface area contributed by atoms with E-state index in [4.69, 9.17) is 5.73 Å². The third-order valence-electron chi connectivity index (χ3n) is 6.63. The van der Waals surface area contributed by atoms with Gasteiger partial charge in [-0.25, -0.2) is 4.90 Å². The smallest absolute Gasteiger partial charge is 0.238 e. The van der Waals surface area contributed by atoms with Crippen molar-refractivity contribution in [2.45, 2.75) is 11.8 Å². The van der Waals surface area contributed by atoms with Gasteiger partial charge in [0.2, 0.25) is 11.8 Å². The molecule has 3 aliphatic carbocycles. The van der Waals surface area contributed by atoms with Crippen LogP contribution in [-0.2, 0) is 9.59 Å². The first-order chi connectivity index (χ1) is 13.7. The number of carbonyl (C=O) groups is 2. The molecule has 0 saturated carbocycles. The summed E-state index contributed by atoms with van der Waals surface area (Å²) in [6.45, 7) is 0. The van der Waals surface area contributed by atoms with E-state index < -0.39 is 0 Å². The number of hydrogen-bond acceptors (Lipinski definition) is 3. The van der Waals surface area contributed by atoms with Crippen molar-refractivity contribution in [1.29, 1.82) is 0 Å². The fraction of sp³-hybridized carbons (Fsp3) is 0.167. The van der Waals surface area contributed by atoms with Gasteiger partial charge in [0.1, 0.15) is 0 Å². The van der Waals surface area contributed by atoms with Crippen LogP contribution in [0.15, 0.2) is 72.8 Å². The average Bonchev–Trinajstić information content (AvgIpc) is 2.99. The Morgan fingerprint density at radius 2 is 1.00 bits per heavy atom. The van der Waals surface area contributed by atoms with Gasteiger partial charge >= 0.3 is 0 Å². The number of nitrogen functional groups attached to an aromatic ring is 1. The summed E-state index contributed by atoms with van der Waals surface area (Å²) < 4.78 is 0. The SMILES string of the molecule is Nc1ccccc1N1C(=O)C2C3c4ccccc4C(c4ccccc43)C2C1=O. The predicted octanol–water partition coefficient (Wildman–Crippen LogP) is 3.67. The van der Waals surface area contributed by atoms with Gasteiger partial charge in [0.05, 0.1) is 23.2 Å². The number of nitrogens with two attached hydrogens (primary N) is 1. The quantitative estimate of drug-likeness (QED) is 0.528. The third-order valence-corrected chi connectivity index (χ3v) is 6.63. The molecule has 7 rings (SSSR count). The van der Waals surface area contributed by atoms with Gasteiger partial charge in [-0.1, -0.05) is 60.7 Å². The van der Waals surface area contributed by atoms with E-state index in [1.807, 2.05) is 36.4 Å². The highest BCUT2D eigenvalue weighted by Gasteiger charge is 2.61. The molecule has 4 heteroatoms. The topological polar surface area (TPSA) is 63.4 Å². The molecule has 2 N–H and O–H groups in total. The Kier molecular flexibility index (Phi) is 2.97. The first-order valence-corrected chi connectivity index (χ1v) is 9.58. The Morgan fingerprint density at radius 1 is 0.607 bits per heavy atom. The summed E-state index contributed by atoms with van der Waals surface area (Å²) in [5, 5.41) is 0. The lowest BCUT2D eigenvalue weighted by Gasteiger charge is -2.45. The van der Waals surface area contributed by atoms with Crippen molar-refractivity contribution in [3.63, 3.8) is 0 Å². The van der Waals surface area contributed by atoms with Crippen molar-refractivity contribution < 1.29 is 9.59 Å². The summed E-state index contributed by atoms with van der Waals surface area (Å²) in [6.07, 6.45) is 0. The van der Waals surface area contributed by atoms with Gasteiger partial charge in [-0.05, 0) is 34.4 Å². The number of hydrogen-bond donors (Lipinski definition) is 1. The van der Waals surface area contributed by atoms with E-state index in [-0.39, 0.29) is 35.5 Å². The lowest BCUT2D eigenvalue weighted by atomic mass is 9.55. The Bertz CT molecular complexity index is 1050. The molecular formula is C24H18N2O2. The summed E-state index contributed by atoms with van der Waals surface area (Å²) in [5.41, 5.74) is 11.8. The van der Waals surface area contributed by atoms with Crippen LogP contribution < -0.4 is 10.6 Å². The molecule has 0 spiro atoms. The molecule has 136 valence electrons. The first kappa shape index (κ1) is 15.6. The monoisotopic (exact) mass is 366 g/mol. The number of anilines is 2. The molecule has 3 aromatic rings. The van der Waals surface area contributed by atoms with E-state index in [1.54, 1.807) is 12.1 Å². The largest absolute Gasteiger partial charge is 0.397 e. The summed E-state index contributed by atoms with van der Waals surface area (Å²) in [5.74, 6) is -1.19. The van der Waals surface area contributed by atoms with Gasteiger partial charge in [-0.2, -0.15) is 0 Å². The van der Waals surface area contributed by atoms with Crippen LogP contribution in [-0.4, -0.2) is 11.8 Å². The van der Waals surface area contributed by atoms with E-state index in [2.05, 4.69) is 24.3 Å².